The summed E-state index contributed by atoms with van der Waals surface area (Å²) in [7, 11) is 2.83. The molecule has 5 heterocycles. The number of amides is 2. The third-order valence-electron chi connectivity index (χ3n) is 6.14. The molecule has 0 unspecified atom stereocenters. The van der Waals surface area contributed by atoms with E-state index in [4.69, 9.17) is 21.1 Å². The van der Waals surface area contributed by atoms with Gasteiger partial charge in [0.25, 0.3) is 18.2 Å². The van der Waals surface area contributed by atoms with Crippen LogP contribution in [0.25, 0.3) is 11.1 Å². The highest BCUT2D eigenvalue weighted by Crippen LogP contribution is 2.36. The molecule has 206 valence electrons. The Kier molecular flexibility index (Phi) is 7.59. The predicted octanol–water partition coefficient (Wildman–Crippen LogP) is 5.32. The van der Waals surface area contributed by atoms with Gasteiger partial charge in [0.05, 0.1) is 49.6 Å². The van der Waals surface area contributed by atoms with Crippen molar-refractivity contribution in [1.82, 2.24) is 24.8 Å². The van der Waals surface area contributed by atoms with Gasteiger partial charge < -0.3 is 14.4 Å². The van der Waals surface area contributed by atoms with Crippen molar-refractivity contribution in [2.45, 2.75) is 26.4 Å². The van der Waals surface area contributed by atoms with Crippen molar-refractivity contribution in [2.24, 2.45) is 0 Å². The molecule has 0 saturated carbocycles. The van der Waals surface area contributed by atoms with E-state index in [0.29, 0.717) is 33.4 Å². The normalized spacial score (nSPS) is 12.4. The Balaban J connectivity index is 1.36. The van der Waals surface area contributed by atoms with E-state index < -0.39 is 23.8 Å². The Morgan fingerprint density at radius 1 is 1.07 bits per heavy atom. The number of aromatic nitrogens is 4. The molecule has 2 amide bonds. The van der Waals surface area contributed by atoms with Crippen LogP contribution in [0.4, 0.5) is 13.9 Å². The fourth-order valence-electron chi connectivity index (χ4n) is 4.22. The molecule has 0 atom stereocenters. The summed E-state index contributed by atoms with van der Waals surface area (Å²) in [5.74, 6) is -0.630. The van der Waals surface area contributed by atoms with Gasteiger partial charge in [-0.1, -0.05) is 22.9 Å². The molecule has 14 heteroatoms. The molecule has 4 aromatic heterocycles. The van der Waals surface area contributed by atoms with E-state index in [1.54, 1.807) is 19.1 Å². The first kappa shape index (κ1) is 27.3. The lowest BCUT2D eigenvalue weighted by atomic mass is 10.0. The summed E-state index contributed by atoms with van der Waals surface area (Å²) < 4.78 is 37.5. The lowest BCUT2D eigenvalue weighted by Gasteiger charge is -2.17. The van der Waals surface area contributed by atoms with E-state index in [-0.39, 0.29) is 35.4 Å². The third-order valence-corrected chi connectivity index (χ3v) is 7.34. The van der Waals surface area contributed by atoms with Crippen molar-refractivity contribution in [3.05, 3.63) is 74.9 Å². The molecular weight excluding hydrogens is 566 g/mol. The van der Waals surface area contributed by atoms with Crippen molar-refractivity contribution in [2.75, 3.05) is 19.5 Å². The maximum absolute atomic E-state index is 13.5. The number of ether oxygens (including phenoxy) is 2. The molecular formula is C26H21ClF2N6O4S. The molecule has 4 aromatic rings. The summed E-state index contributed by atoms with van der Waals surface area (Å²) in [6, 6.07) is 5.76. The summed E-state index contributed by atoms with van der Waals surface area (Å²) in [5, 5.41) is 3.35. The van der Waals surface area contributed by atoms with E-state index in [1.807, 2.05) is 0 Å². The predicted molar refractivity (Wildman–Crippen MR) is 143 cm³/mol. The molecule has 0 bridgehead atoms. The van der Waals surface area contributed by atoms with Gasteiger partial charge in [0.15, 0.2) is 5.13 Å². The average molecular weight is 587 g/mol. The molecule has 1 aliphatic heterocycles. The van der Waals surface area contributed by atoms with Crippen LogP contribution >= 0.6 is 22.9 Å². The Morgan fingerprint density at radius 2 is 1.88 bits per heavy atom. The van der Waals surface area contributed by atoms with Crippen LogP contribution in [-0.4, -0.2) is 50.9 Å². The lowest BCUT2D eigenvalue weighted by molar-refractivity contribution is 0.0730. The number of carbonyl (C=O) groups is 2. The van der Waals surface area contributed by atoms with Gasteiger partial charge in [0.1, 0.15) is 16.6 Å². The average Bonchev–Trinajstić information content (AvgIpc) is 3.51. The quantitative estimate of drug-likeness (QED) is 0.289. The highest BCUT2D eigenvalue weighted by atomic mass is 35.5. The summed E-state index contributed by atoms with van der Waals surface area (Å²) >= 11 is 7.30. The Labute approximate surface area is 236 Å². The number of halogens is 3. The number of carbonyl (C=O) groups excluding carboxylic acids is 2. The lowest BCUT2D eigenvalue weighted by Crippen LogP contribution is -2.28. The molecule has 0 saturated heterocycles. The molecule has 10 nitrogen and oxygen atoms in total. The van der Waals surface area contributed by atoms with Gasteiger partial charge in [-0.25, -0.2) is 23.7 Å². The molecule has 1 aliphatic rings. The summed E-state index contributed by atoms with van der Waals surface area (Å²) in [6.45, 7) is 2.00. The van der Waals surface area contributed by atoms with Crippen molar-refractivity contribution < 1.29 is 27.8 Å². The first-order valence-corrected chi connectivity index (χ1v) is 13.0. The highest BCUT2D eigenvalue weighted by molar-refractivity contribution is 7.16. The van der Waals surface area contributed by atoms with Crippen LogP contribution in [-0.2, 0) is 13.1 Å². The number of thiazole rings is 1. The minimum absolute atomic E-state index is 0.0569. The minimum Gasteiger partial charge on any atom is -0.494 e. The standard InChI is InChI=1S/C26H21ClF2N6O4S/c1-12-6-14(15-7-20(27)31-9-18(15)38-2)16(8-30-12)24(36)34-26-32-17-10-35(11-19(17)40-26)25(37)22-13(23(28)29)4-5-21(33-22)39-3/h4-9,23H,10-11H2,1-3H3,(H,32,34,36). The molecule has 0 radical (unpaired) electrons. The summed E-state index contributed by atoms with van der Waals surface area (Å²) in [6.07, 6.45) is 0.0500. The van der Waals surface area contributed by atoms with E-state index in [2.05, 4.69) is 25.3 Å². The second-order valence-electron chi connectivity index (χ2n) is 8.67. The van der Waals surface area contributed by atoms with Crippen LogP contribution < -0.4 is 14.8 Å². The number of hydrogen-bond donors (Lipinski definition) is 1. The van der Waals surface area contributed by atoms with Crippen molar-refractivity contribution in [3.63, 3.8) is 0 Å². The van der Waals surface area contributed by atoms with Crippen LogP contribution in [0.3, 0.4) is 0 Å². The van der Waals surface area contributed by atoms with Gasteiger partial charge in [-0.2, -0.15) is 0 Å². The first-order chi connectivity index (χ1) is 19.2. The molecule has 0 fully saturated rings. The zero-order valence-corrected chi connectivity index (χ0v) is 22.9. The van der Waals surface area contributed by atoms with Crippen LogP contribution in [0.5, 0.6) is 11.6 Å². The molecule has 5 rings (SSSR count). The molecule has 40 heavy (non-hydrogen) atoms. The largest absolute Gasteiger partial charge is 0.494 e. The Bertz CT molecular complexity index is 1610. The third kappa shape index (κ3) is 5.29. The topological polar surface area (TPSA) is 119 Å². The zero-order chi connectivity index (χ0) is 28.6. The molecule has 0 aromatic carbocycles. The van der Waals surface area contributed by atoms with E-state index in [1.165, 1.54) is 48.9 Å². The van der Waals surface area contributed by atoms with Crippen molar-refractivity contribution in [1.29, 1.82) is 0 Å². The van der Waals surface area contributed by atoms with E-state index in [0.717, 1.165) is 10.9 Å². The smallest absolute Gasteiger partial charge is 0.273 e. The number of methoxy groups -OCH3 is 2. The number of anilines is 1. The molecule has 0 spiro atoms. The number of pyridine rings is 3. The van der Waals surface area contributed by atoms with Gasteiger partial charge in [-0.15, -0.1) is 0 Å². The maximum Gasteiger partial charge on any atom is 0.273 e. The van der Waals surface area contributed by atoms with Crippen LogP contribution in [0.15, 0.2) is 36.7 Å². The van der Waals surface area contributed by atoms with E-state index in [9.17, 15) is 18.4 Å². The van der Waals surface area contributed by atoms with Gasteiger partial charge in [0.2, 0.25) is 5.88 Å². The monoisotopic (exact) mass is 586 g/mol. The minimum atomic E-state index is -2.88. The number of fused-ring (bicyclic) bond motifs is 1. The zero-order valence-electron chi connectivity index (χ0n) is 21.4. The number of hydrogen-bond acceptors (Lipinski definition) is 9. The second-order valence-corrected chi connectivity index (χ2v) is 10.1. The molecule has 1 N–H and O–H groups in total. The van der Waals surface area contributed by atoms with Crippen LogP contribution in [0.1, 0.15) is 49.1 Å². The number of aryl methyl sites for hydroxylation is 1. The summed E-state index contributed by atoms with van der Waals surface area (Å²) in [5.41, 5.74) is 1.78. The van der Waals surface area contributed by atoms with E-state index >= 15 is 0 Å². The second kappa shape index (κ2) is 11.1. The first-order valence-electron chi connectivity index (χ1n) is 11.8. The fourth-order valence-corrected chi connectivity index (χ4v) is 5.36. The number of alkyl halides is 2. The van der Waals surface area contributed by atoms with Crippen LogP contribution in [0, 0.1) is 6.92 Å². The number of nitrogens with zero attached hydrogens (tertiary/aromatic N) is 5. The SMILES string of the molecule is COc1ccc(C(F)F)c(C(=O)N2Cc3nc(NC(=O)c4cnc(C)cc4-c4cc(Cl)ncc4OC)sc3C2)n1. The maximum atomic E-state index is 13.5. The number of nitrogens with one attached hydrogen (secondary N) is 1. The highest BCUT2D eigenvalue weighted by Gasteiger charge is 2.32. The Hall–Kier alpha value is -4.23. The van der Waals surface area contributed by atoms with Gasteiger partial charge in [-0.3, -0.25) is 19.9 Å². The fraction of sp³-hybridized carbons (Fsp3) is 0.231. The Morgan fingerprint density at radius 3 is 2.58 bits per heavy atom. The van der Waals surface area contributed by atoms with Crippen molar-refractivity contribution >= 4 is 39.9 Å². The number of rotatable bonds is 7. The van der Waals surface area contributed by atoms with Gasteiger partial charge in [-0.05, 0) is 25.1 Å². The van der Waals surface area contributed by atoms with Gasteiger partial charge >= 0.3 is 0 Å². The molecule has 0 aliphatic carbocycles. The summed E-state index contributed by atoms with van der Waals surface area (Å²) in [4.78, 5) is 45.2. The van der Waals surface area contributed by atoms with Crippen molar-refractivity contribution in [3.8, 4) is 22.8 Å². The van der Waals surface area contributed by atoms with Crippen LogP contribution in [0.2, 0.25) is 5.15 Å². The van der Waals surface area contributed by atoms with Gasteiger partial charge in [0, 0.05) is 34.6 Å².